The lowest BCUT2D eigenvalue weighted by molar-refractivity contribution is -0.384. The summed E-state index contributed by atoms with van der Waals surface area (Å²) >= 11 is 0. The molecule has 0 aliphatic rings. The monoisotopic (exact) mass is 239 g/mol. The van der Waals surface area contributed by atoms with Crippen LogP contribution in [0.2, 0.25) is 0 Å². The molecule has 17 heavy (non-hydrogen) atoms. The van der Waals surface area contributed by atoms with Gasteiger partial charge in [0.05, 0.1) is 12.0 Å². The first-order chi connectivity index (χ1) is 7.95. The number of anilines is 1. The number of nitrogens with zero attached hydrogens (tertiary/aromatic N) is 1. The molecule has 0 aromatic heterocycles. The van der Waals surface area contributed by atoms with Gasteiger partial charge >= 0.3 is 5.97 Å². The number of carbonyl (C=O) groups excluding carboxylic acids is 1. The van der Waals surface area contributed by atoms with E-state index in [0.29, 0.717) is 5.56 Å². The van der Waals surface area contributed by atoms with Gasteiger partial charge in [-0.2, -0.15) is 0 Å². The average molecular weight is 239 g/mol. The molecule has 0 saturated heterocycles. The third kappa shape index (κ3) is 3.15. The number of ether oxygens (including phenoxy) is 1. The Balaban J connectivity index is 2.90. The molecule has 4 N–H and O–H groups in total. The standard InChI is InChI=1S/C10H13N3O4/c1-17-10(14)8(12)4-6-2-3-7(11)9(5-6)13(15)16/h2-3,5,8H,4,11-12H2,1H3/t8-/m0/s1. The van der Waals surface area contributed by atoms with Crippen LogP contribution in [0.4, 0.5) is 11.4 Å². The maximum atomic E-state index is 11.1. The summed E-state index contributed by atoms with van der Waals surface area (Å²) in [5.74, 6) is -0.565. The van der Waals surface area contributed by atoms with Gasteiger partial charge in [0.15, 0.2) is 0 Å². The van der Waals surface area contributed by atoms with Crippen molar-refractivity contribution in [1.29, 1.82) is 0 Å². The summed E-state index contributed by atoms with van der Waals surface area (Å²) in [7, 11) is 1.23. The smallest absolute Gasteiger partial charge is 0.322 e. The summed E-state index contributed by atoms with van der Waals surface area (Å²) in [5, 5.41) is 10.7. The van der Waals surface area contributed by atoms with E-state index >= 15 is 0 Å². The molecular weight excluding hydrogens is 226 g/mol. The van der Waals surface area contributed by atoms with E-state index in [2.05, 4.69) is 4.74 Å². The van der Waals surface area contributed by atoms with Gasteiger partial charge in [-0.3, -0.25) is 14.9 Å². The second-order valence-electron chi connectivity index (χ2n) is 3.48. The highest BCUT2D eigenvalue weighted by molar-refractivity contribution is 5.75. The van der Waals surface area contributed by atoms with Crippen LogP contribution < -0.4 is 11.5 Å². The molecule has 7 heteroatoms. The average Bonchev–Trinajstić information content (AvgIpc) is 2.30. The van der Waals surface area contributed by atoms with E-state index < -0.39 is 16.9 Å². The van der Waals surface area contributed by atoms with Crippen LogP contribution in [0.1, 0.15) is 5.56 Å². The molecule has 1 rings (SSSR count). The Morgan fingerprint density at radius 1 is 1.59 bits per heavy atom. The number of hydrogen-bond acceptors (Lipinski definition) is 6. The van der Waals surface area contributed by atoms with Crippen LogP contribution in [0.3, 0.4) is 0 Å². The first-order valence-corrected chi connectivity index (χ1v) is 4.82. The van der Waals surface area contributed by atoms with Gasteiger partial charge in [-0.1, -0.05) is 6.07 Å². The van der Waals surface area contributed by atoms with Crippen molar-refractivity contribution in [1.82, 2.24) is 0 Å². The van der Waals surface area contributed by atoms with E-state index in [1.54, 1.807) is 6.07 Å². The molecule has 0 radical (unpaired) electrons. The molecule has 7 nitrogen and oxygen atoms in total. The van der Waals surface area contributed by atoms with Crippen molar-refractivity contribution in [3.8, 4) is 0 Å². The minimum absolute atomic E-state index is 0.0744. The van der Waals surface area contributed by atoms with Crippen molar-refractivity contribution in [3.63, 3.8) is 0 Å². The van der Waals surface area contributed by atoms with E-state index in [4.69, 9.17) is 11.5 Å². The Morgan fingerprint density at radius 3 is 2.76 bits per heavy atom. The summed E-state index contributed by atoms with van der Waals surface area (Å²) in [5.41, 5.74) is 11.4. The Morgan fingerprint density at radius 2 is 2.24 bits per heavy atom. The third-order valence-electron chi connectivity index (χ3n) is 2.25. The fourth-order valence-electron chi connectivity index (χ4n) is 1.36. The lowest BCUT2D eigenvalue weighted by Crippen LogP contribution is -2.33. The number of nitrogens with two attached hydrogens (primary N) is 2. The Labute approximate surface area is 97.5 Å². The van der Waals surface area contributed by atoms with Gasteiger partial charge in [0, 0.05) is 6.07 Å². The summed E-state index contributed by atoms with van der Waals surface area (Å²) < 4.78 is 4.46. The molecule has 1 atom stereocenters. The summed E-state index contributed by atoms with van der Waals surface area (Å²) in [4.78, 5) is 21.2. The maximum Gasteiger partial charge on any atom is 0.322 e. The normalized spacial score (nSPS) is 11.9. The van der Waals surface area contributed by atoms with E-state index in [1.807, 2.05) is 0 Å². The lowest BCUT2D eigenvalue weighted by atomic mass is 10.1. The molecule has 1 aromatic carbocycles. The second kappa shape index (κ2) is 5.26. The van der Waals surface area contributed by atoms with Crippen LogP contribution in [0.5, 0.6) is 0 Å². The van der Waals surface area contributed by atoms with Crippen molar-refractivity contribution in [2.45, 2.75) is 12.5 Å². The summed E-state index contributed by atoms with van der Waals surface area (Å²) in [6.45, 7) is 0. The molecule has 0 spiro atoms. The molecule has 92 valence electrons. The molecule has 0 heterocycles. The van der Waals surface area contributed by atoms with Gasteiger partial charge in [-0.15, -0.1) is 0 Å². The fraction of sp³-hybridized carbons (Fsp3) is 0.300. The van der Waals surface area contributed by atoms with Crippen LogP contribution >= 0.6 is 0 Å². The Kier molecular flexibility index (Phi) is 4.00. The quantitative estimate of drug-likeness (QED) is 0.335. The molecule has 0 fully saturated rings. The number of hydrogen-bond donors (Lipinski definition) is 2. The Hall–Kier alpha value is -2.15. The molecular formula is C10H13N3O4. The van der Waals surface area contributed by atoms with Crippen molar-refractivity contribution in [2.75, 3.05) is 12.8 Å². The molecule has 0 bridgehead atoms. The molecule has 1 aromatic rings. The number of methoxy groups -OCH3 is 1. The van der Waals surface area contributed by atoms with Crippen molar-refractivity contribution in [3.05, 3.63) is 33.9 Å². The minimum Gasteiger partial charge on any atom is -0.468 e. The van der Waals surface area contributed by atoms with E-state index in [-0.39, 0.29) is 17.8 Å². The van der Waals surface area contributed by atoms with Gasteiger partial charge in [-0.25, -0.2) is 0 Å². The van der Waals surface area contributed by atoms with Crippen molar-refractivity contribution < 1.29 is 14.5 Å². The van der Waals surface area contributed by atoms with Gasteiger partial charge in [-0.05, 0) is 18.1 Å². The van der Waals surface area contributed by atoms with Crippen LogP contribution in [0.15, 0.2) is 18.2 Å². The largest absolute Gasteiger partial charge is 0.468 e. The number of nitrogen functional groups attached to an aromatic ring is 1. The highest BCUT2D eigenvalue weighted by Gasteiger charge is 2.17. The van der Waals surface area contributed by atoms with Crippen LogP contribution in [-0.2, 0) is 16.0 Å². The first-order valence-electron chi connectivity index (χ1n) is 4.82. The molecule has 0 aliphatic heterocycles. The second-order valence-corrected chi connectivity index (χ2v) is 3.48. The number of nitro groups is 1. The summed E-state index contributed by atoms with van der Waals surface area (Å²) in [6.07, 6.45) is 0.161. The number of esters is 1. The molecule has 0 amide bonds. The maximum absolute atomic E-state index is 11.1. The number of rotatable bonds is 4. The molecule has 0 unspecified atom stereocenters. The van der Waals surface area contributed by atoms with Crippen molar-refractivity contribution in [2.24, 2.45) is 5.73 Å². The molecule has 0 aliphatic carbocycles. The first kappa shape index (κ1) is 12.9. The third-order valence-corrected chi connectivity index (χ3v) is 2.25. The highest BCUT2D eigenvalue weighted by atomic mass is 16.6. The van der Waals surface area contributed by atoms with Crippen LogP contribution in [-0.4, -0.2) is 24.0 Å². The number of carbonyl (C=O) groups is 1. The topological polar surface area (TPSA) is 121 Å². The highest BCUT2D eigenvalue weighted by Crippen LogP contribution is 2.22. The zero-order valence-corrected chi connectivity index (χ0v) is 9.25. The van der Waals surface area contributed by atoms with Crippen LogP contribution in [0, 0.1) is 10.1 Å². The number of benzene rings is 1. The predicted molar refractivity (Wildman–Crippen MR) is 61.2 cm³/mol. The van der Waals surface area contributed by atoms with E-state index in [1.165, 1.54) is 19.2 Å². The fourth-order valence-corrected chi connectivity index (χ4v) is 1.36. The SMILES string of the molecule is COC(=O)[C@@H](N)Cc1ccc(N)c([N+](=O)[O-])c1. The van der Waals surface area contributed by atoms with Crippen LogP contribution in [0.25, 0.3) is 0 Å². The Bertz CT molecular complexity index is 447. The lowest BCUT2D eigenvalue weighted by Gasteiger charge is -2.09. The molecule has 0 saturated carbocycles. The zero-order chi connectivity index (χ0) is 13.0. The zero-order valence-electron chi connectivity index (χ0n) is 9.25. The van der Waals surface area contributed by atoms with Crippen molar-refractivity contribution >= 4 is 17.3 Å². The minimum atomic E-state index is -0.844. The number of nitro benzene ring substituents is 1. The summed E-state index contributed by atoms with van der Waals surface area (Å²) in [6, 6.07) is 3.46. The van der Waals surface area contributed by atoms with Gasteiger partial charge < -0.3 is 16.2 Å². The van der Waals surface area contributed by atoms with Gasteiger partial charge in [0.25, 0.3) is 5.69 Å². The predicted octanol–water partition coefficient (Wildman–Crippen LogP) is 0.220. The van der Waals surface area contributed by atoms with E-state index in [9.17, 15) is 14.9 Å². The van der Waals surface area contributed by atoms with Gasteiger partial charge in [0.1, 0.15) is 11.7 Å². The van der Waals surface area contributed by atoms with E-state index in [0.717, 1.165) is 0 Å². The van der Waals surface area contributed by atoms with Gasteiger partial charge in [0.2, 0.25) is 0 Å².